The Morgan fingerprint density at radius 1 is 1.05 bits per heavy atom. The number of benzene rings is 2. The van der Waals surface area contributed by atoms with Crippen LogP contribution < -0.4 is 0 Å². The first kappa shape index (κ1) is 14.2. The molecule has 5 heteroatoms. The number of aryl methyl sites for hydroxylation is 1. The van der Waals surface area contributed by atoms with Gasteiger partial charge < -0.3 is 0 Å². The first-order valence-corrected chi connectivity index (χ1v) is 5.76. The summed E-state index contributed by atoms with van der Waals surface area (Å²) >= 11 is 0. The van der Waals surface area contributed by atoms with Gasteiger partial charge in [-0.25, -0.2) is 4.39 Å². The monoisotopic (exact) mass is 282 g/mol. The van der Waals surface area contributed by atoms with Gasteiger partial charge in [0.15, 0.2) is 0 Å². The van der Waals surface area contributed by atoms with Crippen molar-refractivity contribution in [3.8, 4) is 11.1 Å². The van der Waals surface area contributed by atoms with Crippen molar-refractivity contribution in [2.75, 3.05) is 0 Å². The van der Waals surface area contributed by atoms with Crippen LogP contribution in [0.4, 0.5) is 17.6 Å². The number of hydrogen-bond acceptors (Lipinski definition) is 1. The van der Waals surface area contributed by atoms with Crippen LogP contribution in [0, 0.1) is 12.7 Å². The van der Waals surface area contributed by atoms with Gasteiger partial charge in [0.1, 0.15) is 12.1 Å². The molecule has 0 aliphatic heterocycles. The first-order chi connectivity index (χ1) is 9.32. The second-order valence-electron chi connectivity index (χ2n) is 4.38. The number of aldehydes is 1. The fourth-order valence-corrected chi connectivity index (χ4v) is 2.00. The molecule has 0 heterocycles. The van der Waals surface area contributed by atoms with Crippen LogP contribution in [0.25, 0.3) is 11.1 Å². The SMILES string of the molecule is Cc1cc(C=O)ccc1-c1ccc(C(F)(F)F)c(F)c1. The van der Waals surface area contributed by atoms with Crippen molar-refractivity contribution in [2.45, 2.75) is 13.1 Å². The van der Waals surface area contributed by atoms with Gasteiger partial charge in [-0.1, -0.05) is 18.2 Å². The maximum Gasteiger partial charge on any atom is 0.419 e. The minimum Gasteiger partial charge on any atom is -0.298 e. The third-order valence-electron chi connectivity index (χ3n) is 2.97. The molecule has 0 saturated heterocycles. The smallest absolute Gasteiger partial charge is 0.298 e. The van der Waals surface area contributed by atoms with Crippen LogP contribution in [0.3, 0.4) is 0 Å². The van der Waals surface area contributed by atoms with E-state index in [2.05, 4.69) is 0 Å². The third kappa shape index (κ3) is 2.71. The lowest BCUT2D eigenvalue weighted by atomic mass is 9.97. The molecule has 0 aliphatic carbocycles. The Balaban J connectivity index is 2.50. The fourth-order valence-electron chi connectivity index (χ4n) is 2.00. The van der Waals surface area contributed by atoms with Crippen molar-refractivity contribution < 1.29 is 22.4 Å². The van der Waals surface area contributed by atoms with Crippen molar-refractivity contribution in [1.82, 2.24) is 0 Å². The molecule has 0 atom stereocenters. The molecule has 1 nitrogen and oxygen atoms in total. The highest BCUT2D eigenvalue weighted by atomic mass is 19.4. The van der Waals surface area contributed by atoms with Crippen molar-refractivity contribution in [1.29, 1.82) is 0 Å². The van der Waals surface area contributed by atoms with E-state index in [1.165, 1.54) is 12.1 Å². The summed E-state index contributed by atoms with van der Waals surface area (Å²) in [4.78, 5) is 10.6. The van der Waals surface area contributed by atoms with E-state index >= 15 is 0 Å². The lowest BCUT2D eigenvalue weighted by Gasteiger charge is -2.11. The predicted molar refractivity (Wildman–Crippen MR) is 67.0 cm³/mol. The molecule has 20 heavy (non-hydrogen) atoms. The average molecular weight is 282 g/mol. The van der Waals surface area contributed by atoms with Crippen LogP contribution in [0.1, 0.15) is 21.5 Å². The molecule has 2 rings (SSSR count). The Morgan fingerprint density at radius 3 is 2.25 bits per heavy atom. The summed E-state index contributed by atoms with van der Waals surface area (Å²) < 4.78 is 51.0. The highest BCUT2D eigenvalue weighted by Crippen LogP contribution is 2.34. The molecule has 0 aliphatic rings. The average Bonchev–Trinajstić information content (AvgIpc) is 2.36. The summed E-state index contributed by atoms with van der Waals surface area (Å²) in [5, 5.41) is 0. The Morgan fingerprint density at radius 2 is 1.75 bits per heavy atom. The number of alkyl halides is 3. The van der Waals surface area contributed by atoms with Crippen molar-refractivity contribution in [3.05, 3.63) is 58.9 Å². The molecule has 0 spiro atoms. The van der Waals surface area contributed by atoms with Gasteiger partial charge in [0.25, 0.3) is 0 Å². The van der Waals surface area contributed by atoms with E-state index in [1.54, 1.807) is 19.1 Å². The van der Waals surface area contributed by atoms with Crippen LogP contribution in [0.2, 0.25) is 0 Å². The largest absolute Gasteiger partial charge is 0.419 e. The Labute approximate surface area is 112 Å². The van der Waals surface area contributed by atoms with E-state index < -0.39 is 17.6 Å². The van der Waals surface area contributed by atoms with E-state index in [0.29, 0.717) is 28.5 Å². The third-order valence-corrected chi connectivity index (χ3v) is 2.97. The van der Waals surface area contributed by atoms with Gasteiger partial charge in [0, 0.05) is 5.56 Å². The van der Waals surface area contributed by atoms with E-state index in [9.17, 15) is 22.4 Å². The van der Waals surface area contributed by atoms with E-state index in [-0.39, 0.29) is 0 Å². The Hall–Kier alpha value is -2.17. The first-order valence-electron chi connectivity index (χ1n) is 5.76. The van der Waals surface area contributed by atoms with Crippen LogP contribution >= 0.6 is 0 Å². The summed E-state index contributed by atoms with van der Waals surface area (Å²) in [7, 11) is 0. The summed E-state index contributed by atoms with van der Waals surface area (Å²) in [6.45, 7) is 1.71. The quantitative estimate of drug-likeness (QED) is 0.579. The Kier molecular flexibility index (Phi) is 3.61. The molecule has 0 bridgehead atoms. The molecule has 104 valence electrons. The summed E-state index contributed by atoms with van der Waals surface area (Å²) in [6.07, 6.45) is -4.04. The minimum absolute atomic E-state index is 0.338. The summed E-state index contributed by atoms with van der Waals surface area (Å²) in [5.41, 5.74) is 0.782. The number of hydrogen-bond donors (Lipinski definition) is 0. The van der Waals surface area contributed by atoms with Gasteiger partial charge in [-0.3, -0.25) is 4.79 Å². The molecule has 0 amide bonds. The molecule has 0 unspecified atom stereocenters. The standard InChI is InChI=1S/C15H10F4O/c1-9-6-10(8-20)2-4-12(9)11-3-5-13(14(16)7-11)15(17,18)19/h2-8H,1H3. The number of rotatable bonds is 2. The van der Waals surface area contributed by atoms with Gasteiger partial charge in [0.05, 0.1) is 5.56 Å². The second-order valence-corrected chi connectivity index (χ2v) is 4.38. The second kappa shape index (κ2) is 5.07. The van der Waals surface area contributed by atoms with E-state index in [0.717, 1.165) is 12.1 Å². The van der Waals surface area contributed by atoms with Crippen molar-refractivity contribution >= 4 is 6.29 Å². The molecule has 0 fully saturated rings. The summed E-state index contributed by atoms with van der Waals surface area (Å²) in [5.74, 6) is -1.31. The molecular formula is C15H10F4O. The molecule has 0 saturated carbocycles. The zero-order valence-corrected chi connectivity index (χ0v) is 10.5. The Bertz CT molecular complexity index is 659. The van der Waals surface area contributed by atoms with Gasteiger partial charge in [-0.05, 0) is 41.8 Å². The normalized spacial score (nSPS) is 11.4. The van der Waals surface area contributed by atoms with Gasteiger partial charge in [0.2, 0.25) is 0 Å². The minimum atomic E-state index is -4.71. The molecule has 0 radical (unpaired) electrons. The molecule has 0 N–H and O–H groups in total. The lowest BCUT2D eigenvalue weighted by Crippen LogP contribution is -2.07. The van der Waals surface area contributed by atoms with Crippen LogP contribution in [-0.2, 0) is 6.18 Å². The maximum atomic E-state index is 13.5. The van der Waals surface area contributed by atoms with Gasteiger partial charge in [-0.15, -0.1) is 0 Å². The van der Waals surface area contributed by atoms with Crippen LogP contribution in [-0.4, -0.2) is 6.29 Å². The molecule has 2 aromatic carbocycles. The molecular weight excluding hydrogens is 272 g/mol. The number of carbonyl (C=O) groups is 1. The highest BCUT2D eigenvalue weighted by Gasteiger charge is 2.33. The molecule has 0 aromatic heterocycles. The fraction of sp³-hybridized carbons (Fsp3) is 0.133. The summed E-state index contributed by atoms with van der Waals surface area (Å²) in [6, 6.07) is 7.50. The highest BCUT2D eigenvalue weighted by molar-refractivity contribution is 5.78. The zero-order chi connectivity index (χ0) is 14.9. The predicted octanol–water partition coefficient (Wildman–Crippen LogP) is 4.63. The van der Waals surface area contributed by atoms with Gasteiger partial charge in [-0.2, -0.15) is 13.2 Å². The van der Waals surface area contributed by atoms with Crippen molar-refractivity contribution in [2.24, 2.45) is 0 Å². The topological polar surface area (TPSA) is 17.1 Å². The van der Waals surface area contributed by atoms with Crippen LogP contribution in [0.15, 0.2) is 36.4 Å². The number of halogens is 4. The number of carbonyl (C=O) groups excluding carboxylic acids is 1. The van der Waals surface area contributed by atoms with Crippen molar-refractivity contribution in [3.63, 3.8) is 0 Å². The molecule has 2 aromatic rings. The zero-order valence-electron chi connectivity index (χ0n) is 10.5. The van der Waals surface area contributed by atoms with E-state index in [4.69, 9.17) is 0 Å². The van der Waals surface area contributed by atoms with E-state index in [1.807, 2.05) is 0 Å². The maximum absolute atomic E-state index is 13.5. The lowest BCUT2D eigenvalue weighted by molar-refractivity contribution is -0.139. The van der Waals surface area contributed by atoms with Gasteiger partial charge >= 0.3 is 6.18 Å². The van der Waals surface area contributed by atoms with Crippen LogP contribution in [0.5, 0.6) is 0 Å².